The Morgan fingerprint density at radius 2 is 2.11 bits per heavy atom. The monoisotopic (exact) mass is 251 g/mol. The van der Waals surface area contributed by atoms with Crippen molar-refractivity contribution in [2.45, 2.75) is 25.9 Å². The topological polar surface area (TPSA) is 58.6 Å². The Bertz CT molecular complexity index is 338. The molecule has 0 spiro atoms. The summed E-state index contributed by atoms with van der Waals surface area (Å²) in [5.74, 6) is -0.135. The fourth-order valence-electron chi connectivity index (χ4n) is 1.47. The molecule has 0 saturated heterocycles. The number of hydrogen-bond donors (Lipinski definition) is 2. The van der Waals surface area contributed by atoms with Crippen LogP contribution in [-0.4, -0.2) is 36.9 Å². The maximum Gasteiger partial charge on any atom is 0.245 e. The van der Waals surface area contributed by atoms with E-state index in [-0.39, 0.29) is 18.6 Å². The lowest BCUT2D eigenvalue weighted by Crippen LogP contribution is -2.30. The van der Waals surface area contributed by atoms with Crippen molar-refractivity contribution in [1.82, 2.24) is 5.32 Å². The van der Waals surface area contributed by atoms with Crippen molar-refractivity contribution in [2.24, 2.45) is 0 Å². The van der Waals surface area contributed by atoms with Gasteiger partial charge in [-0.1, -0.05) is 30.3 Å². The van der Waals surface area contributed by atoms with Crippen LogP contribution in [0.1, 0.15) is 18.9 Å². The zero-order chi connectivity index (χ0) is 13.2. The molecule has 0 fully saturated rings. The SMILES string of the molecule is CC(O)CCNC(=O)COCCc1ccccc1. The van der Waals surface area contributed by atoms with Crippen LogP contribution >= 0.6 is 0 Å². The van der Waals surface area contributed by atoms with E-state index < -0.39 is 0 Å². The van der Waals surface area contributed by atoms with E-state index in [9.17, 15) is 4.79 Å². The van der Waals surface area contributed by atoms with Gasteiger partial charge < -0.3 is 15.2 Å². The summed E-state index contributed by atoms with van der Waals surface area (Å²) >= 11 is 0. The maximum absolute atomic E-state index is 11.3. The van der Waals surface area contributed by atoms with Crippen LogP contribution in [0.15, 0.2) is 30.3 Å². The molecule has 18 heavy (non-hydrogen) atoms. The Hall–Kier alpha value is -1.39. The van der Waals surface area contributed by atoms with Crippen LogP contribution in [0.2, 0.25) is 0 Å². The molecule has 0 aliphatic heterocycles. The molecule has 0 heterocycles. The van der Waals surface area contributed by atoms with Gasteiger partial charge in [-0.25, -0.2) is 0 Å². The molecule has 1 aromatic carbocycles. The molecule has 0 aliphatic rings. The van der Waals surface area contributed by atoms with E-state index in [4.69, 9.17) is 9.84 Å². The Kier molecular flexibility index (Phi) is 7.06. The number of rotatable bonds is 8. The highest BCUT2D eigenvalue weighted by Gasteiger charge is 2.02. The van der Waals surface area contributed by atoms with Gasteiger partial charge in [0.25, 0.3) is 0 Å². The normalized spacial score (nSPS) is 12.1. The molecule has 1 rings (SSSR count). The van der Waals surface area contributed by atoms with Gasteiger partial charge in [0, 0.05) is 6.54 Å². The minimum Gasteiger partial charge on any atom is -0.393 e. The number of amides is 1. The van der Waals surface area contributed by atoms with Gasteiger partial charge in [-0.15, -0.1) is 0 Å². The van der Waals surface area contributed by atoms with E-state index >= 15 is 0 Å². The number of benzene rings is 1. The first-order valence-corrected chi connectivity index (χ1v) is 6.25. The molecule has 2 N–H and O–H groups in total. The number of aliphatic hydroxyl groups excluding tert-OH is 1. The van der Waals surface area contributed by atoms with Crippen molar-refractivity contribution in [3.05, 3.63) is 35.9 Å². The van der Waals surface area contributed by atoms with Gasteiger partial charge in [-0.05, 0) is 25.3 Å². The van der Waals surface area contributed by atoms with Gasteiger partial charge in [0.15, 0.2) is 0 Å². The molecule has 0 aromatic heterocycles. The van der Waals surface area contributed by atoms with Crippen LogP contribution in [0.25, 0.3) is 0 Å². The summed E-state index contributed by atoms with van der Waals surface area (Å²) in [5, 5.41) is 11.7. The summed E-state index contributed by atoms with van der Waals surface area (Å²) in [6.07, 6.45) is 0.988. The van der Waals surface area contributed by atoms with Crippen LogP contribution < -0.4 is 5.32 Å². The predicted octanol–water partition coefficient (Wildman–Crippen LogP) is 1.13. The molecular formula is C14H21NO3. The van der Waals surface area contributed by atoms with E-state index in [1.54, 1.807) is 6.92 Å². The lowest BCUT2D eigenvalue weighted by Gasteiger charge is -2.07. The molecule has 1 aromatic rings. The van der Waals surface area contributed by atoms with Crippen molar-refractivity contribution in [1.29, 1.82) is 0 Å². The number of hydrogen-bond acceptors (Lipinski definition) is 3. The molecule has 0 bridgehead atoms. The third-order valence-corrected chi connectivity index (χ3v) is 2.50. The van der Waals surface area contributed by atoms with Crippen LogP contribution in [-0.2, 0) is 16.0 Å². The van der Waals surface area contributed by atoms with Crippen LogP contribution in [0.3, 0.4) is 0 Å². The van der Waals surface area contributed by atoms with Crippen LogP contribution in [0.4, 0.5) is 0 Å². The standard InChI is InChI=1S/C14H21NO3/c1-12(16)7-9-15-14(17)11-18-10-8-13-5-3-2-4-6-13/h2-6,12,16H,7-11H2,1H3,(H,15,17). The number of aliphatic hydroxyl groups is 1. The smallest absolute Gasteiger partial charge is 0.245 e. The minimum absolute atomic E-state index is 0.0760. The van der Waals surface area contributed by atoms with Crippen molar-refractivity contribution in [2.75, 3.05) is 19.8 Å². The quantitative estimate of drug-likeness (QED) is 0.681. The molecule has 1 atom stereocenters. The summed E-state index contributed by atoms with van der Waals surface area (Å²) in [5.41, 5.74) is 1.20. The fourth-order valence-corrected chi connectivity index (χ4v) is 1.47. The second-order valence-corrected chi connectivity index (χ2v) is 4.28. The van der Waals surface area contributed by atoms with E-state index in [0.717, 1.165) is 6.42 Å². The molecule has 100 valence electrons. The molecule has 1 amide bonds. The molecule has 0 aliphatic carbocycles. The number of ether oxygens (including phenoxy) is 1. The first-order valence-electron chi connectivity index (χ1n) is 6.25. The third kappa shape index (κ3) is 7.04. The second-order valence-electron chi connectivity index (χ2n) is 4.28. The zero-order valence-electron chi connectivity index (χ0n) is 10.8. The van der Waals surface area contributed by atoms with Gasteiger partial charge in [0.1, 0.15) is 6.61 Å². The zero-order valence-corrected chi connectivity index (χ0v) is 10.8. The van der Waals surface area contributed by atoms with Gasteiger partial charge >= 0.3 is 0 Å². The Morgan fingerprint density at radius 3 is 2.78 bits per heavy atom. The van der Waals surface area contributed by atoms with Crippen molar-refractivity contribution in [3.8, 4) is 0 Å². The predicted molar refractivity (Wildman–Crippen MR) is 70.3 cm³/mol. The van der Waals surface area contributed by atoms with E-state index in [1.165, 1.54) is 5.56 Å². The summed E-state index contributed by atoms with van der Waals surface area (Å²) in [6.45, 7) is 2.79. The average Bonchev–Trinajstić information content (AvgIpc) is 2.35. The number of nitrogens with one attached hydrogen (secondary N) is 1. The van der Waals surface area contributed by atoms with E-state index in [2.05, 4.69) is 5.32 Å². The Morgan fingerprint density at radius 1 is 1.39 bits per heavy atom. The van der Waals surface area contributed by atoms with Crippen LogP contribution in [0.5, 0.6) is 0 Å². The van der Waals surface area contributed by atoms with E-state index in [1.807, 2.05) is 30.3 Å². The Labute approximate surface area is 108 Å². The molecular weight excluding hydrogens is 230 g/mol. The molecule has 1 unspecified atom stereocenters. The van der Waals surface area contributed by atoms with Crippen molar-refractivity contribution in [3.63, 3.8) is 0 Å². The van der Waals surface area contributed by atoms with E-state index in [0.29, 0.717) is 19.6 Å². The Balaban J connectivity index is 2.02. The molecule has 4 heteroatoms. The second kappa shape index (κ2) is 8.66. The fraction of sp³-hybridized carbons (Fsp3) is 0.500. The minimum atomic E-state index is -0.385. The largest absolute Gasteiger partial charge is 0.393 e. The molecule has 0 saturated carbocycles. The lowest BCUT2D eigenvalue weighted by atomic mass is 10.2. The first-order chi connectivity index (χ1) is 8.68. The van der Waals surface area contributed by atoms with Crippen molar-refractivity contribution >= 4 is 5.91 Å². The third-order valence-electron chi connectivity index (χ3n) is 2.50. The summed E-state index contributed by atoms with van der Waals surface area (Å²) in [4.78, 5) is 11.3. The van der Waals surface area contributed by atoms with Gasteiger partial charge in [0.2, 0.25) is 5.91 Å². The highest BCUT2D eigenvalue weighted by molar-refractivity contribution is 5.77. The summed E-state index contributed by atoms with van der Waals surface area (Å²) in [6, 6.07) is 10.0. The van der Waals surface area contributed by atoms with Gasteiger partial charge in [0.05, 0.1) is 12.7 Å². The maximum atomic E-state index is 11.3. The van der Waals surface area contributed by atoms with Gasteiger partial charge in [-0.3, -0.25) is 4.79 Å². The summed E-state index contributed by atoms with van der Waals surface area (Å²) in [7, 11) is 0. The summed E-state index contributed by atoms with van der Waals surface area (Å²) < 4.78 is 5.28. The molecule has 4 nitrogen and oxygen atoms in total. The average molecular weight is 251 g/mol. The van der Waals surface area contributed by atoms with Gasteiger partial charge in [-0.2, -0.15) is 0 Å². The lowest BCUT2D eigenvalue weighted by molar-refractivity contribution is -0.125. The molecule has 0 radical (unpaired) electrons. The first kappa shape index (κ1) is 14.7. The highest BCUT2D eigenvalue weighted by atomic mass is 16.5. The van der Waals surface area contributed by atoms with Crippen molar-refractivity contribution < 1.29 is 14.6 Å². The highest BCUT2D eigenvalue weighted by Crippen LogP contribution is 1.99. The van der Waals surface area contributed by atoms with Crippen LogP contribution in [0, 0.1) is 0 Å². The number of carbonyl (C=O) groups is 1. The number of carbonyl (C=O) groups excluding carboxylic acids is 1.